The molecule has 0 bridgehead atoms. The summed E-state index contributed by atoms with van der Waals surface area (Å²) in [5.74, 6) is -2.97. The van der Waals surface area contributed by atoms with E-state index in [2.05, 4.69) is 5.32 Å². The summed E-state index contributed by atoms with van der Waals surface area (Å²) in [5, 5.41) is 21.0. The molecule has 0 atom stereocenters. The van der Waals surface area contributed by atoms with Gasteiger partial charge in [-0.15, -0.1) is 0 Å². The number of carbonyl (C=O) groups excluding carboxylic acids is 1. The first-order valence-electron chi connectivity index (χ1n) is 10.5. The van der Waals surface area contributed by atoms with Crippen LogP contribution in [0.25, 0.3) is 22.1 Å². The van der Waals surface area contributed by atoms with Crippen molar-refractivity contribution >= 4 is 34.5 Å². The molecule has 0 saturated heterocycles. The maximum Gasteiger partial charge on any atom is 0.371 e. The highest BCUT2D eigenvalue weighted by atomic mass is 16.5. The third-order valence-corrected chi connectivity index (χ3v) is 5.19. The Bertz CT molecular complexity index is 1540. The largest absolute Gasteiger partial charge is 0.497 e. The van der Waals surface area contributed by atoms with Gasteiger partial charge in [-0.3, -0.25) is 9.59 Å². The number of fused-ring (bicyclic) bond motifs is 1. The van der Waals surface area contributed by atoms with E-state index in [1.165, 1.54) is 31.4 Å². The summed E-state index contributed by atoms with van der Waals surface area (Å²) >= 11 is 0. The lowest BCUT2D eigenvalue weighted by Gasteiger charge is -2.14. The number of rotatable bonds is 8. The Kier molecular flexibility index (Phi) is 6.68. The highest BCUT2D eigenvalue weighted by Gasteiger charge is 2.19. The number of carbonyl (C=O) groups is 3. The number of carboxylic acid groups (broad SMARTS) is 2. The number of para-hydroxylation sites is 1. The first-order chi connectivity index (χ1) is 17.3. The third kappa shape index (κ3) is 5.02. The lowest BCUT2D eigenvalue weighted by Crippen LogP contribution is -2.14. The van der Waals surface area contributed by atoms with Crippen LogP contribution in [-0.4, -0.2) is 41.8 Å². The highest BCUT2D eigenvalue weighted by Crippen LogP contribution is 2.35. The number of benzene rings is 3. The molecule has 0 aliphatic heterocycles. The van der Waals surface area contributed by atoms with E-state index < -0.39 is 35.6 Å². The van der Waals surface area contributed by atoms with Crippen LogP contribution in [0.1, 0.15) is 20.9 Å². The Hall–Kier alpha value is -5.12. The maximum absolute atomic E-state index is 13.0. The Morgan fingerprint density at radius 2 is 1.69 bits per heavy atom. The molecule has 4 rings (SSSR count). The lowest BCUT2D eigenvalue weighted by atomic mass is 10.0. The van der Waals surface area contributed by atoms with Crippen LogP contribution < -0.4 is 20.2 Å². The van der Waals surface area contributed by atoms with Gasteiger partial charge in [0.05, 0.1) is 18.2 Å². The number of carboxylic acids is 2. The van der Waals surface area contributed by atoms with Gasteiger partial charge >= 0.3 is 11.9 Å². The first-order valence-corrected chi connectivity index (χ1v) is 10.5. The Balaban J connectivity index is 1.87. The second kappa shape index (κ2) is 10.0. The minimum absolute atomic E-state index is 0.00979. The molecular weight excluding hydrogens is 470 g/mol. The average Bonchev–Trinajstić information content (AvgIpc) is 2.87. The first kappa shape index (κ1) is 24.0. The molecule has 0 aliphatic rings. The van der Waals surface area contributed by atoms with Gasteiger partial charge in [-0.05, 0) is 48.0 Å². The zero-order chi connectivity index (χ0) is 25.8. The lowest BCUT2D eigenvalue weighted by molar-refractivity contribution is -0.139. The summed E-state index contributed by atoms with van der Waals surface area (Å²) in [6.07, 6.45) is 0. The fourth-order valence-corrected chi connectivity index (χ4v) is 3.52. The monoisotopic (exact) mass is 489 g/mol. The van der Waals surface area contributed by atoms with Crippen LogP contribution >= 0.6 is 0 Å². The fourth-order valence-electron chi connectivity index (χ4n) is 3.52. The molecule has 0 saturated carbocycles. The number of methoxy groups -OCH3 is 1. The van der Waals surface area contributed by atoms with Crippen molar-refractivity contribution < 1.29 is 38.5 Å². The summed E-state index contributed by atoms with van der Waals surface area (Å²) in [5.41, 5.74) is 0.396. The second-order valence-corrected chi connectivity index (χ2v) is 7.54. The molecule has 182 valence electrons. The molecular formula is C26H19NO9. The van der Waals surface area contributed by atoms with Gasteiger partial charge in [-0.1, -0.05) is 18.2 Å². The molecule has 10 nitrogen and oxygen atoms in total. The van der Waals surface area contributed by atoms with Crippen LogP contribution in [0, 0.1) is 0 Å². The number of anilines is 1. The molecule has 4 aromatic rings. The van der Waals surface area contributed by atoms with Gasteiger partial charge in [0, 0.05) is 17.2 Å². The number of aliphatic carboxylic acids is 1. The van der Waals surface area contributed by atoms with Crippen molar-refractivity contribution in [3.8, 4) is 22.6 Å². The second-order valence-electron chi connectivity index (χ2n) is 7.54. The highest BCUT2D eigenvalue weighted by molar-refractivity contribution is 6.09. The molecule has 10 heteroatoms. The van der Waals surface area contributed by atoms with E-state index in [0.29, 0.717) is 16.9 Å². The molecule has 1 aromatic heterocycles. The van der Waals surface area contributed by atoms with Gasteiger partial charge in [0.2, 0.25) is 5.76 Å². The van der Waals surface area contributed by atoms with E-state index in [1.54, 1.807) is 36.4 Å². The summed E-state index contributed by atoms with van der Waals surface area (Å²) < 4.78 is 15.9. The predicted molar refractivity (Wildman–Crippen MR) is 129 cm³/mol. The van der Waals surface area contributed by atoms with Crippen molar-refractivity contribution in [2.75, 3.05) is 19.0 Å². The number of amides is 1. The summed E-state index contributed by atoms with van der Waals surface area (Å²) in [6, 6.07) is 16.6. The molecule has 3 N–H and O–H groups in total. The quantitative estimate of drug-likeness (QED) is 0.335. The van der Waals surface area contributed by atoms with Crippen molar-refractivity contribution in [2.24, 2.45) is 0 Å². The molecule has 0 fully saturated rings. The Morgan fingerprint density at radius 3 is 2.36 bits per heavy atom. The molecule has 1 amide bonds. The predicted octanol–water partition coefficient (Wildman–Crippen LogP) is 3.88. The van der Waals surface area contributed by atoms with Crippen LogP contribution in [0.5, 0.6) is 11.5 Å². The molecule has 3 aromatic carbocycles. The van der Waals surface area contributed by atoms with Crippen LogP contribution in [0.3, 0.4) is 0 Å². The van der Waals surface area contributed by atoms with Crippen molar-refractivity contribution in [3.05, 3.63) is 88.3 Å². The van der Waals surface area contributed by atoms with Gasteiger partial charge in [-0.2, -0.15) is 0 Å². The molecule has 1 heterocycles. The standard InChI is InChI=1S/C26H19NO9/c1-34-16-8-6-14(7-9-16)25(31)27-19-11-15(17-4-2-3-5-21(17)35-13-23(29)30)10-18-20(28)12-22(26(32)33)36-24(18)19/h2-12H,13H2,1H3,(H,27,31)(H,29,30)(H,32,33). The van der Waals surface area contributed by atoms with Crippen LogP contribution in [0.4, 0.5) is 5.69 Å². The molecule has 0 unspecified atom stereocenters. The van der Waals surface area contributed by atoms with Gasteiger partial charge in [-0.25, -0.2) is 9.59 Å². The SMILES string of the molecule is COc1ccc(C(=O)Nc2cc(-c3ccccc3OCC(=O)O)cc3c(=O)cc(C(=O)O)oc23)cc1. The van der Waals surface area contributed by atoms with Crippen molar-refractivity contribution in [2.45, 2.75) is 0 Å². The van der Waals surface area contributed by atoms with Crippen LogP contribution in [0.2, 0.25) is 0 Å². The topological polar surface area (TPSA) is 152 Å². The number of aromatic carboxylic acids is 1. The number of hydrogen-bond acceptors (Lipinski definition) is 7. The van der Waals surface area contributed by atoms with Gasteiger partial charge in [0.25, 0.3) is 5.91 Å². The third-order valence-electron chi connectivity index (χ3n) is 5.19. The minimum Gasteiger partial charge on any atom is -0.497 e. The summed E-state index contributed by atoms with van der Waals surface area (Å²) in [6.45, 7) is -0.588. The van der Waals surface area contributed by atoms with Gasteiger partial charge < -0.3 is 29.4 Å². The smallest absolute Gasteiger partial charge is 0.371 e. The van der Waals surface area contributed by atoms with Crippen molar-refractivity contribution in [3.63, 3.8) is 0 Å². The van der Waals surface area contributed by atoms with Crippen LogP contribution in [0.15, 0.2) is 75.9 Å². The molecule has 0 radical (unpaired) electrons. The van der Waals surface area contributed by atoms with Crippen LogP contribution in [-0.2, 0) is 4.79 Å². The summed E-state index contributed by atoms with van der Waals surface area (Å²) in [4.78, 5) is 48.3. The molecule has 0 aliphatic carbocycles. The Morgan fingerprint density at radius 1 is 0.972 bits per heavy atom. The minimum atomic E-state index is -1.45. The normalized spacial score (nSPS) is 10.6. The van der Waals surface area contributed by atoms with E-state index in [0.717, 1.165) is 6.07 Å². The number of nitrogens with one attached hydrogen (secondary N) is 1. The van der Waals surface area contributed by atoms with Gasteiger partial charge in [0.1, 0.15) is 11.5 Å². The molecule has 0 spiro atoms. The van der Waals surface area contributed by atoms with Crippen molar-refractivity contribution in [1.82, 2.24) is 0 Å². The summed E-state index contributed by atoms with van der Waals surface area (Å²) in [7, 11) is 1.49. The zero-order valence-corrected chi connectivity index (χ0v) is 18.8. The molecule has 36 heavy (non-hydrogen) atoms. The van der Waals surface area contributed by atoms with Gasteiger partial charge in [0.15, 0.2) is 17.6 Å². The van der Waals surface area contributed by atoms with E-state index >= 15 is 0 Å². The van der Waals surface area contributed by atoms with E-state index in [4.69, 9.17) is 19.0 Å². The zero-order valence-electron chi connectivity index (χ0n) is 18.8. The van der Waals surface area contributed by atoms with Crippen molar-refractivity contribution in [1.29, 1.82) is 0 Å². The van der Waals surface area contributed by atoms with E-state index in [1.807, 2.05) is 0 Å². The average molecular weight is 489 g/mol. The van der Waals surface area contributed by atoms with E-state index in [9.17, 15) is 24.3 Å². The number of ether oxygens (including phenoxy) is 2. The van der Waals surface area contributed by atoms with E-state index in [-0.39, 0.29) is 28.0 Å². The Labute approximate surface area is 203 Å². The maximum atomic E-state index is 13.0. The number of hydrogen-bond donors (Lipinski definition) is 3. The fraction of sp³-hybridized carbons (Fsp3) is 0.0769.